The zero-order valence-electron chi connectivity index (χ0n) is 8.64. The van der Waals surface area contributed by atoms with Crippen LogP contribution in [0.4, 0.5) is 0 Å². The highest BCUT2D eigenvalue weighted by Gasteiger charge is 1.95. The SMILES string of the molecule is CCOc1ccc(CON=C(N)N)cc1. The lowest BCUT2D eigenvalue weighted by atomic mass is 10.2. The van der Waals surface area contributed by atoms with Gasteiger partial charge in [-0.05, 0) is 29.8 Å². The Hall–Kier alpha value is -1.91. The molecule has 0 saturated carbocycles. The zero-order chi connectivity index (χ0) is 11.1. The average Bonchev–Trinajstić information content (AvgIpc) is 2.20. The van der Waals surface area contributed by atoms with E-state index in [1.54, 1.807) is 0 Å². The van der Waals surface area contributed by atoms with E-state index in [1.807, 2.05) is 31.2 Å². The Bertz CT molecular complexity index is 318. The Morgan fingerprint density at radius 3 is 2.47 bits per heavy atom. The van der Waals surface area contributed by atoms with Crippen molar-refractivity contribution in [2.24, 2.45) is 16.6 Å². The van der Waals surface area contributed by atoms with Gasteiger partial charge in [0.2, 0.25) is 5.96 Å². The van der Waals surface area contributed by atoms with E-state index in [2.05, 4.69) is 5.16 Å². The highest BCUT2D eigenvalue weighted by molar-refractivity contribution is 5.74. The molecule has 1 rings (SSSR count). The molecule has 5 nitrogen and oxygen atoms in total. The average molecular weight is 209 g/mol. The van der Waals surface area contributed by atoms with Crippen LogP contribution in [0, 0.1) is 0 Å². The highest BCUT2D eigenvalue weighted by Crippen LogP contribution is 2.12. The molecule has 0 radical (unpaired) electrons. The van der Waals surface area contributed by atoms with Gasteiger partial charge in [-0.25, -0.2) is 0 Å². The van der Waals surface area contributed by atoms with E-state index < -0.39 is 0 Å². The van der Waals surface area contributed by atoms with Crippen molar-refractivity contribution >= 4 is 5.96 Å². The number of rotatable bonds is 5. The fourth-order valence-corrected chi connectivity index (χ4v) is 1.03. The van der Waals surface area contributed by atoms with Gasteiger partial charge in [-0.2, -0.15) is 0 Å². The summed E-state index contributed by atoms with van der Waals surface area (Å²) < 4.78 is 5.30. The van der Waals surface area contributed by atoms with Crippen LogP contribution in [0.25, 0.3) is 0 Å². The molecule has 0 heterocycles. The molecule has 0 fully saturated rings. The minimum absolute atomic E-state index is 0.0825. The van der Waals surface area contributed by atoms with E-state index in [1.165, 1.54) is 0 Å². The number of oxime groups is 1. The second-order valence-corrected chi connectivity index (χ2v) is 2.87. The van der Waals surface area contributed by atoms with Crippen LogP contribution in [0.2, 0.25) is 0 Å². The van der Waals surface area contributed by atoms with Crippen LogP contribution in [0.3, 0.4) is 0 Å². The molecular formula is C10H15N3O2. The first kappa shape index (κ1) is 11.2. The number of hydrogen-bond donors (Lipinski definition) is 2. The van der Waals surface area contributed by atoms with E-state index in [-0.39, 0.29) is 5.96 Å². The van der Waals surface area contributed by atoms with E-state index in [9.17, 15) is 0 Å². The fraction of sp³-hybridized carbons (Fsp3) is 0.300. The van der Waals surface area contributed by atoms with Gasteiger partial charge in [0, 0.05) is 0 Å². The van der Waals surface area contributed by atoms with Gasteiger partial charge in [0.05, 0.1) is 6.61 Å². The number of nitrogens with zero attached hydrogens (tertiary/aromatic N) is 1. The molecule has 0 spiro atoms. The summed E-state index contributed by atoms with van der Waals surface area (Å²) in [6, 6.07) is 7.54. The molecule has 0 aromatic heterocycles. The van der Waals surface area contributed by atoms with Gasteiger partial charge in [-0.15, -0.1) is 0 Å². The Labute approximate surface area is 88.6 Å². The van der Waals surface area contributed by atoms with E-state index in [0.717, 1.165) is 11.3 Å². The van der Waals surface area contributed by atoms with Gasteiger partial charge in [0.15, 0.2) is 0 Å². The fourth-order valence-electron chi connectivity index (χ4n) is 1.03. The van der Waals surface area contributed by atoms with Crippen molar-refractivity contribution in [2.45, 2.75) is 13.5 Å². The molecule has 1 aromatic carbocycles. The number of ether oxygens (including phenoxy) is 1. The minimum Gasteiger partial charge on any atom is -0.494 e. The van der Waals surface area contributed by atoms with Crippen molar-refractivity contribution < 1.29 is 9.57 Å². The Kier molecular flexibility index (Phi) is 4.28. The monoisotopic (exact) mass is 209 g/mol. The molecule has 4 N–H and O–H groups in total. The van der Waals surface area contributed by atoms with Crippen molar-refractivity contribution in [3.8, 4) is 5.75 Å². The van der Waals surface area contributed by atoms with Crippen LogP contribution < -0.4 is 16.2 Å². The topological polar surface area (TPSA) is 82.9 Å². The molecule has 0 aliphatic carbocycles. The zero-order valence-corrected chi connectivity index (χ0v) is 8.64. The van der Waals surface area contributed by atoms with Crippen molar-refractivity contribution in [2.75, 3.05) is 6.61 Å². The molecule has 0 unspecified atom stereocenters. The second kappa shape index (κ2) is 5.74. The standard InChI is InChI=1S/C10H15N3O2/c1-2-14-9-5-3-8(4-6-9)7-15-13-10(11)12/h3-6H,2,7H2,1H3,(H4,11,12,13). The first-order valence-electron chi connectivity index (χ1n) is 4.65. The van der Waals surface area contributed by atoms with Gasteiger partial charge in [-0.3, -0.25) is 0 Å². The molecular weight excluding hydrogens is 194 g/mol. The summed E-state index contributed by atoms with van der Waals surface area (Å²) in [5.41, 5.74) is 11.2. The summed E-state index contributed by atoms with van der Waals surface area (Å²) in [7, 11) is 0. The first-order chi connectivity index (χ1) is 7.22. The van der Waals surface area contributed by atoms with Gasteiger partial charge < -0.3 is 21.0 Å². The number of nitrogens with two attached hydrogens (primary N) is 2. The summed E-state index contributed by atoms with van der Waals surface area (Å²) in [4.78, 5) is 4.88. The van der Waals surface area contributed by atoms with Crippen LogP contribution in [0.1, 0.15) is 12.5 Å². The lowest BCUT2D eigenvalue weighted by Gasteiger charge is -2.04. The van der Waals surface area contributed by atoms with Crippen molar-refractivity contribution in [1.82, 2.24) is 0 Å². The molecule has 15 heavy (non-hydrogen) atoms. The summed E-state index contributed by atoms with van der Waals surface area (Å²) in [6.07, 6.45) is 0. The van der Waals surface area contributed by atoms with Crippen LogP contribution in [-0.2, 0) is 11.4 Å². The van der Waals surface area contributed by atoms with Crippen molar-refractivity contribution in [1.29, 1.82) is 0 Å². The molecule has 82 valence electrons. The molecule has 0 amide bonds. The first-order valence-corrected chi connectivity index (χ1v) is 4.65. The quantitative estimate of drug-likeness (QED) is 0.426. The van der Waals surface area contributed by atoms with Crippen LogP contribution in [0.15, 0.2) is 29.4 Å². The predicted molar refractivity (Wildman–Crippen MR) is 58.2 cm³/mol. The third-order valence-corrected chi connectivity index (χ3v) is 1.64. The third-order valence-electron chi connectivity index (χ3n) is 1.64. The van der Waals surface area contributed by atoms with Crippen LogP contribution in [0.5, 0.6) is 5.75 Å². The van der Waals surface area contributed by atoms with Crippen molar-refractivity contribution in [3.63, 3.8) is 0 Å². The highest BCUT2D eigenvalue weighted by atomic mass is 16.6. The third kappa shape index (κ3) is 4.21. The van der Waals surface area contributed by atoms with Gasteiger partial charge in [0.25, 0.3) is 0 Å². The molecule has 0 aliphatic rings. The van der Waals surface area contributed by atoms with E-state index >= 15 is 0 Å². The van der Waals surface area contributed by atoms with E-state index in [0.29, 0.717) is 13.2 Å². The number of benzene rings is 1. The summed E-state index contributed by atoms with van der Waals surface area (Å²) in [6.45, 7) is 2.93. The molecule has 0 saturated heterocycles. The number of hydrogen-bond acceptors (Lipinski definition) is 3. The Balaban J connectivity index is 2.46. The maximum absolute atomic E-state index is 5.30. The summed E-state index contributed by atoms with van der Waals surface area (Å²) in [5, 5.41) is 3.42. The van der Waals surface area contributed by atoms with Gasteiger partial charge in [-0.1, -0.05) is 12.1 Å². The lowest BCUT2D eigenvalue weighted by molar-refractivity contribution is 0.129. The van der Waals surface area contributed by atoms with Crippen molar-refractivity contribution in [3.05, 3.63) is 29.8 Å². The minimum atomic E-state index is -0.0825. The van der Waals surface area contributed by atoms with Gasteiger partial charge in [0.1, 0.15) is 12.4 Å². The number of guanidine groups is 1. The lowest BCUT2D eigenvalue weighted by Crippen LogP contribution is -2.22. The maximum atomic E-state index is 5.30. The smallest absolute Gasteiger partial charge is 0.228 e. The molecule has 5 heteroatoms. The second-order valence-electron chi connectivity index (χ2n) is 2.87. The Morgan fingerprint density at radius 1 is 1.27 bits per heavy atom. The van der Waals surface area contributed by atoms with Gasteiger partial charge >= 0.3 is 0 Å². The largest absolute Gasteiger partial charge is 0.494 e. The Morgan fingerprint density at radius 2 is 1.93 bits per heavy atom. The molecule has 0 aliphatic heterocycles. The normalized spacial score (nSPS) is 9.40. The van der Waals surface area contributed by atoms with Crippen LogP contribution >= 0.6 is 0 Å². The van der Waals surface area contributed by atoms with Crippen LogP contribution in [-0.4, -0.2) is 12.6 Å². The molecule has 0 bridgehead atoms. The summed E-state index contributed by atoms with van der Waals surface area (Å²) >= 11 is 0. The summed E-state index contributed by atoms with van der Waals surface area (Å²) in [5.74, 6) is 0.754. The molecule has 1 aromatic rings. The molecule has 0 atom stereocenters. The maximum Gasteiger partial charge on any atom is 0.228 e. The predicted octanol–water partition coefficient (Wildman–Crippen LogP) is 0.790. The van der Waals surface area contributed by atoms with E-state index in [4.69, 9.17) is 21.0 Å².